The van der Waals surface area contributed by atoms with Gasteiger partial charge in [0.05, 0.1) is 40.9 Å². The molecule has 1 aliphatic heterocycles. The topological polar surface area (TPSA) is 307 Å². The quantitative estimate of drug-likeness (QED) is 0.0877. The predicted molar refractivity (Wildman–Crippen MR) is 126 cm³/mol. The minimum absolute atomic E-state index is 0. The molecule has 0 amide bonds. The van der Waals surface area contributed by atoms with Crippen LogP contribution in [0.5, 0.6) is 0 Å². The van der Waals surface area contributed by atoms with Crippen LogP contribution in [-0.4, -0.2) is 159 Å². The number of aliphatic hydroxyl groups is 4. The normalized spacial score (nSPS) is 21.5. The van der Waals surface area contributed by atoms with Crippen LogP contribution in [0.3, 0.4) is 0 Å². The summed E-state index contributed by atoms with van der Waals surface area (Å²) in [6, 6.07) is 1.45. The number of aliphatic hydroxyl groups excluding tert-OH is 4. The van der Waals surface area contributed by atoms with Crippen LogP contribution in [0.1, 0.15) is 0 Å². The summed E-state index contributed by atoms with van der Waals surface area (Å²) in [6.07, 6.45) is -2.52. The molecule has 36 heavy (non-hydrogen) atoms. The van der Waals surface area contributed by atoms with Crippen molar-refractivity contribution in [3.8, 4) is 0 Å². The molecule has 1 aromatic heterocycles. The number of ether oxygens (including phenoxy) is 1. The molecule has 0 aliphatic carbocycles. The second-order valence-electron chi connectivity index (χ2n) is 7.93. The molecule has 4 atom stereocenters. The van der Waals surface area contributed by atoms with E-state index in [1.54, 1.807) is 0 Å². The van der Waals surface area contributed by atoms with Crippen LogP contribution in [0.15, 0.2) is 17.1 Å². The SMILES string of the molecule is C[N+](C)(C)CCO.Nc1ccn(C[C@@H]2O[C@H](CO)[C@@H](O)[C@H]2O)c(=O)n1.O=P(O)(O)O.O=P(O)(O)O.[NaH]. The van der Waals surface area contributed by atoms with Gasteiger partial charge in [0.1, 0.15) is 36.8 Å². The first-order valence-corrected chi connectivity index (χ1v) is 12.7. The Kier molecular flexibility index (Phi) is 20.1. The molecule has 0 unspecified atom stereocenters. The maximum absolute atomic E-state index is 11.5. The molecule has 0 radical (unpaired) electrons. The van der Waals surface area contributed by atoms with E-state index in [0.717, 1.165) is 11.0 Å². The number of hydrogen-bond acceptors (Lipinski definition) is 10. The van der Waals surface area contributed by atoms with Gasteiger partial charge in [0.2, 0.25) is 0 Å². The molecule has 0 aromatic carbocycles. The van der Waals surface area contributed by atoms with Gasteiger partial charge < -0.3 is 64.7 Å². The van der Waals surface area contributed by atoms with Gasteiger partial charge in [0.15, 0.2) is 0 Å². The van der Waals surface area contributed by atoms with E-state index < -0.39 is 52.4 Å². The van der Waals surface area contributed by atoms with Crippen LogP contribution >= 0.6 is 15.6 Å². The zero-order valence-electron chi connectivity index (χ0n) is 19.2. The summed E-state index contributed by atoms with van der Waals surface area (Å²) < 4.78 is 25.1. The molecule has 2 heterocycles. The van der Waals surface area contributed by atoms with Crippen molar-refractivity contribution in [3.63, 3.8) is 0 Å². The monoisotopic (exact) mass is 581 g/mol. The summed E-state index contributed by atoms with van der Waals surface area (Å²) in [4.78, 5) is 58.1. The Hall–Kier alpha value is -0.340. The van der Waals surface area contributed by atoms with Gasteiger partial charge in [-0.1, -0.05) is 0 Å². The molecule has 1 saturated heterocycles. The number of anilines is 1. The van der Waals surface area contributed by atoms with E-state index in [-0.39, 0.29) is 48.5 Å². The van der Waals surface area contributed by atoms with Crippen LogP contribution in [0.25, 0.3) is 0 Å². The Labute approximate surface area is 228 Å². The molecule has 1 aliphatic rings. The average molecular weight is 581 g/mol. The number of nitrogen functional groups attached to an aromatic ring is 1. The van der Waals surface area contributed by atoms with Gasteiger partial charge >= 0.3 is 50.9 Å². The van der Waals surface area contributed by atoms with Gasteiger partial charge in [-0.2, -0.15) is 4.98 Å². The number of likely N-dealkylation sites (N-methyl/N-ethyl adjacent to an activating group) is 1. The first kappa shape index (κ1) is 40.2. The Balaban J connectivity index is -0.000000502. The summed E-state index contributed by atoms with van der Waals surface area (Å²) in [7, 11) is -3.12. The van der Waals surface area contributed by atoms with Crippen LogP contribution < -0.4 is 11.4 Å². The predicted octanol–water partition coefficient (Wildman–Crippen LogP) is -5.51. The number of rotatable bonds is 5. The van der Waals surface area contributed by atoms with Gasteiger partial charge in [0, 0.05) is 6.20 Å². The van der Waals surface area contributed by atoms with Crippen molar-refractivity contribution in [1.29, 1.82) is 0 Å². The third-order valence-electron chi connectivity index (χ3n) is 3.68. The van der Waals surface area contributed by atoms with E-state index in [9.17, 15) is 15.0 Å². The van der Waals surface area contributed by atoms with Gasteiger partial charge in [0.25, 0.3) is 0 Å². The van der Waals surface area contributed by atoms with Crippen molar-refractivity contribution in [2.75, 3.05) is 46.6 Å². The minimum atomic E-state index is -4.64. The van der Waals surface area contributed by atoms with E-state index in [2.05, 4.69) is 26.1 Å². The maximum atomic E-state index is 11.5. The molecule has 1 aromatic rings. The molecule has 1 fully saturated rings. The number of aromatic nitrogens is 2. The summed E-state index contributed by atoms with van der Waals surface area (Å²) in [5.41, 5.74) is 4.79. The van der Waals surface area contributed by atoms with Gasteiger partial charge in [-0.25, -0.2) is 13.9 Å². The van der Waals surface area contributed by atoms with E-state index >= 15 is 0 Å². The molecule has 18 nitrogen and oxygen atoms in total. The second-order valence-corrected chi connectivity index (χ2v) is 9.98. The molecule has 0 spiro atoms. The molecular formula is C15H36N4NaO14P2+. The van der Waals surface area contributed by atoms with Crippen molar-refractivity contribution >= 4 is 51.0 Å². The molecule has 12 N–H and O–H groups in total. The number of nitrogens with two attached hydrogens (primary N) is 1. The van der Waals surface area contributed by atoms with Crippen LogP contribution in [0.4, 0.5) is 5.82 Å². The van der Waals surface area contributed by atoms with Crippen molar-refractivity contribution < 1.29 is 68.1 Å². The van der Waals surface area contributed by atoms with E-state index in [1.807, 2.05) is 0 Å². The number of nitrogens with zero attached hydrogens (tertiary/aromatic N) is 3. The molecule has 0 saturated carbocycles. The van der Waals surface area contributed by atoms with Gasteiger partial charge in [-0.05, 0) is 6.07 Å². The Morgan fingerprint density at radius 3 is 1.69 bits per heavy atom. The summed E-state index contributed by atoms with van der Waals surface area (Å²) in [6.45, 7) is 0.744. The Bertz CT molecular complexity index is 853. The van der Waals surface area contributed by atoms with Crippen molar-refractivity contribution in [3.05, 3.63) is 22.7 Å². The molecule has 210 valence electrons. The summed E-state index contributed by atoms with van der Waals surface area (Å²) in [5.74, 6) is 0.109. The molecular weight excluding hydrogens is 545 g/mol. The fourth-order valence-corrected chi connectivity index (χ4v) is 2.20. The van der Waals surface area contributed by atoms with Crippen LogP contribution in [-0.2, 0) is 20.4 Å². The van der Waals surface area contributed by atoms with E-state index in [1.165, 1.54) is 16.8 Å². The van der Waals surface area contributed by atoms with E-state index in [4.69, 9.17) is 59.2 Å². The Morgan fingerprint density at radius 1 is 1.00 bits per heavy atom. The summed E-state index contributed by atoms with van der Waals surface area (Å²) in [5, 5.41) is 36.6. The summed E-state index contributed by atoms with van der Waals surface area (Å²) >= 11 is 0. The Morgan fingerprint density at radius 2 is 1.42 bits per heavy atom. The first-order chi connectivity index (χ1) is 15.6. The number of quaternary nitrogens is 1. The van der Waals surface area contributed by atoms with Crippen LogP contribution in [0, 0.1) is 0 Å². The fraction of sp³-hybridized carbons (Fsp3) is 0.733. The number of hydrogen-bond donors (Lipinski definition) is 11. The molecule has 2 rings (SSSR count). The number of phosphoric acid groups is 2. The van der Waals surface area contributed by atoms with Crippen LogP contribution in [0.2, 0.25) is 0 Å². The standard InChI is InChI=1S/C10H15N3O5.C5H14NO.Na.2H3O4P.H/c11-7-1-2-13(10(17)12-7)3-5-8(15)9(16)6(4-14)18-5;1-6(2,3)4-5-7;;2*1-5(2,3)4;/h1-2,5-6,8-9,14-16H,3-4H2,(H2,11,12,17);7H,4-5H2,1-3H3;;2*(H3,1,2,3,4);/q;+1;;;;/t5-,6+,8-,9+;;;;;/m0...../s1. The van der Waals surface area contributed by atoms with Crippen molar-refractivity contribution in [2.45, 2.75) is 31.0 Å². The molecule has 0 bridgehead atoms. The van der Waals surface area contributed by atoms with Gasteiger partial charge in [-0.3, -0.25) is 4.57 Å². The van der Waals surface area contributed by atoms with Crippen molar-refractivity contribution in [1.82, 2.24) is 9.55 Å². The third-order valence-corrected chi connectivity index (χ3v) is 3.68. The second kappa shape index (κ2) is 18.0. The zero-order valence-corrected chi connectivity index (χ0v) is 21.0. The first-order valence-electron chi connectivity index (χ1n) is 9.52. The van der Waals surface area contributed by atoms with E-state index in [0.29, 0.717) is 0 Å². The average Bonchev–Trinajstić information content (AvgIpc) is 2.88. The molecule has 21 heteroatoms. The third kappa shape index (κ3) is 24.0. The zero-order chi connectivity index (χ0) is 28.2. The van der Waals surface area contributed by atoms with Crippen molar-refractivity contribution in [2.24, 2.45) is 0 Å². The fourth-order valence-electron chi connectivity index (χ4n) is 2.20. The van der Waals surface area contributed by atoms with Gasteiger partial charge in [-0.15, -0.1) is 0 Å².